The van der Waals surface area contributed by atoms with Crippen LogP contribution in [-0.4, -0.2) is 25.2 Å². The number of carbonyl (C=O) groups is 2. The molecular formula is C24H46O4. The highest BCUT2D eigenvalue weighted by Crippen LogP contribution is 2.15. The zero-order chi connectivity index (χ0) is 21.2. The Hall–Kier alpha value is -1.06. The van der Waals surface area contributed by atoms with Crippen molar-refractivity contribution in [2.45, 2.75) is 112 Å². The molecule has 0 aliphatic rings. The van der Waals surface area contributed by atoms with Crippen LogP contribution in [0.4, 0.5) is 0 Å². The minimum Gasteiger partial charge on any atom is -0.466 e. The Labute approximate surface area is 174 Å². The minimum atomic E-state index is -0.0440. The monoisotopic (exact) mass is 398 g/mol. The van der Waals surface area contributed by atoms with Crippen molar-refractivity contribution < 1.29 is 19.1 Å². The molecule has 166 valence electrons. The molecule has 0 spiro atoms. The maximum absolute atomic E-state index is 11.9. The number of carbonyl (C=O) groups excluding carboxylic acids is 2. The Morgan fingerprint density at radius 3 is 1.61 bits per heavy atom. The molecule has 4 heteroatoms. The highest BCUT2D eigenvalue weighted by atomic mass is 16.5. The van der Waals surface area contributed by atoms with Gasteiger partial charge in [-0.1, -0.05) is 79.6 Å². The predicted octanol–water partition coefficient (Wildman–Crippen LogP) is 6.70. The Morgan fingerprint density at radius 2 is 1.07 bits per heavy atom. The summed E-state index contributed by atoms with van der Waals surface area (Å²) >= 11 is 0. The summed E-state index contributed by atoms with van der Waals surface area (Å²) in [6.45, 7) is 11.6. The summed E-state index contributed by atoms with van der Waals surface area (Å²) in [6.07, 6.45) is 12.6. The van der Waals surface area contributed by atoms with Gasteiger partial charge in [-0.05, 0) is 37.5 Å². The lowest BCUT2D eigenvalue weighted by atomic mass is 10.0. The van der Waals surface area contributed by atoms with Gasteiger partial charge in [0.2, 0.25) is 0 Å². The standard InChI is InChI=1S/C24H46O4/c1-20(2)16-18-27-23(25)15-13-11-9-7-6-8-10-12-14-22(5)24(26)28-19-17-21(3)4/h20-22H,6-19H2,1-5H3. The fourth-order valence-electron chi connectivity index (χ4n) is 2.92. The van der Waals surface area contributed by atoms with Crippen molar-refractivity contribution in [2.75, 3.05) is 13.2 Å². The van der Waals surface area contributed by atoms with Crippen LogP contribution in [-0.2, 0) is 19.1 Å². The van der Waals surface area contributed by atoms with E-state index < -0.39 is 0 Å². The zero-order valence-electron chi connectivity index (χ0n) is 19.3. The van der Waals surface area contributed by atoms with E-state index in [2.05, 4.69) is 27.7 Å². The van der Waals surface area contributed by atoms with Gasteiger partial charge in [-0.2, -0.15) is 0 Å². The van der Waals surface area contributed by atoms with Crippen molar-refractivity contribution >= 4 is 11.9 Å². The van der Waals surface area contributed by atoms with Crippen LogP contribution in [0.5, 0.6) is 0 Å². The molecule has 0 fully saturated rings. The first-order valence-electron chi connectivity index (χ1n) is 11.6. The van der Waals surface area contributed by atoms with E-state index in [-0.39, 0.29) is 17.9 Å². The lowest BCUT2D eigenvalue weighted by Gasteiger charge is -2.12. The number of ether oxygens (including phenoxy) is 2. The normalized spacial score (nSPS) is 12.4. The van der Waals surface area contributed by atoms with Crippen LogP contribution in [0.3, 0.4) is 0 Å². The lowest BCUT2D eigenvalue weighted by Crippen LogP contribution is -2.16. The van der Waals surface area contributed by atoms with Crippen LogP contribution in [0.25, 0.3) is 0 Å². The molecule has 1 unspecified atom stereocenters. The Kier molecular flexibility index (Phi) is 17.3. The third kappa shape index (κ3) is 18.3. The third-order valence-electron chi connectivity index (χ3n) is 5.07. The molecule has 0 aromatic heterocycles. The van der Waals surface area contributed by atoms with E-state index in [4.69, 9.17) is 9.47 Å². The molecule has 0 aliphatic carbocycles. The molecule has 28 heavy (non-hydrogen) atoms. The van der Waals surface area contributed by atoms with Gasteiger partial charge in [0.25, 0.3) is 0 Å². The molecule has 0 saturated heterocycles. The first kappa shape index (κ1) is 26.9. The van der Waals surface area contributed by atoms with Gasteiger partial charge in [0.05, 0.1) is 19.1 Å². The first-order chi connectivity index (χ1) is 13.3. The summed E-state index contributed by atoms with van der Waals surface area (Å²) in [5.41, 5.74) is 0. The topological polar surface area (TPSA) is 52.6 Å². The van der Waals surface area contributed by atoms with Crippen LogP contribution in [0.15, 0.2) is 0 Å². The van der Waals surface area contributed by atoms with Gasteiger partial charge in [0.15, 0.2) is 0 Å². The SMILES string of the molecule is CC(C)CCOC(=O)CCCCCCCCCCC(C)C(=O)OCCC(C)C. The van der Waals surface area contributed by atoms with Crippen molar-refractivity contribution in [3.8, 4) is 0 Å². The Morgan fingerprint density at radius 1 is 0.607 bits per heavy atom. The molecule has 4 nitrogen and oxygen atoms in total. The highest BCUT2D eigenvalue weighted by Gasteiger charge is 2.13. The van der Waals surface area contributed by atoms with Crippen LogP contribution in [0.2, 0.25) is 0 Å². The van der Waals surface area contributed by atoms with Crippen LogP contribution < -0.4 is 0 Å². The van der Waals surface area contributed by atoms with Gasteiger partial charge < -0.3 is 9.47 Å². The van der Waals surface area contributed by atoms with Crippen LogP contribution in [0, 0.1) is 17.8 Å². The fraction of sp³-hybridized carbons (Fsp3) is 0.917. The van der Waals surface area contributed by atoms with Gasteiger partial charge in [0, 0.05) is 6.42 Å². The van der Waals surface area contributed by atoms with E-state index in [1.54, 1.807) is 0 Å². The quantitative estimate of drug-likeness (QED) is 0.190. The molecule has 0 rings (SSSR count). The predicted molar refractivity (Wildman–Crippen MR) is 116 cm³/mol. The Balaban J connectivity index is 3.39. The molecule has 0 N–H and O–H groups in total. The first-order valence-corrected chi connectivity index (χ1v) is 11.6. The summed E-state index contributed by atoms with van der Waals surface area (Å²) in [5.74, 6) is 1.10. The molecule has 0 aliphatic heterocycles. The second kappa shape index (κ2) is 18.0. The van der Waals surface area contributed by atoms with Crippen molar-refractivity contribution in [2.24, 2.45) is 17.8 Å². The van der Waals surface area contributed by atoms with Crippen molar-refractivity contribution in [1.29, 1.82) is 0 Å². The molecule has 0 aromatic rings. The summed E-state index contributed by atoms with van der Waals surface area (Å²) in [5, 5.41) is 0. The van der Waals surface area contributed by atoms with Gasteiger partial charge in [-0.3, -0.25) is 9.59 Å². The van der Waals surface area contributed by atoms with Crippen molar-refractivity contribution in [1.82, 2.24) is 0 Å². The van der Waals surface area contributed by atoms with Crippen LogP contribution in [0.1, 0.15) is 112 Å². The summed E-state index contributed by atoms with van der Waals surface area (Å²) in [6, 6.07) is 0. The largest absolute Gasteiger partial charge is 0.466 e. The van der Waals surface area contributed by atoms with E-state index in [1.807, 2.05) is 6.92 Å². The van der Waals surface area contributed by atoms with Gasteiger partial charge >= 0.3 is 11.9 Å². The van der Waals surface area contributed by atoms with E-state index in [0.29, 0.717) is 31.5 Å². The van der Waals surface area contributed by atoms with Crippen molar-refractivity contribution in [3.05, 3.63) is 0 Å². The molecule has 1 atom stereocenters. The maximum Gasteiger partial charge on any atom is 0.308 e. The molecule has 0 saturated carbocycles. The smallest absolute Gasteiger partial charge is 0.308 e. The lowest BCUT2D eigenvalue weighted by molar-refractivity contribution is -0.148. The summed E-state index contributed by atoms with van der Waals surface area (Å²) in [7, 11) is 0. The Bertz CT molecular complexity index is 390. The number of unbranched alkanes of at least 4 members (excludes halogenated alkanes) is 7. The molecule has 0 aromatic carbocycles. The second-order valence-corrected chi connectivity index (χ2v) is 9.02. The maximum atomic E-state index is 11.9. The zero-order valence-corrected chi connectivity index (χ0v) is 19.3. The highest BCUT2D eigenvalue weighted by molar-refractivity contribution is 5.71. The van der Waals surface area contributed by atoms with E-state index in [1.165, 1.54) is 32.1 Å². The number of esters is 2. The number of rotatable bonds is 18. The number of hydrogen-bond acceptors (Lipinski definition) is 4. The van der Waals surface area contributed by atoms with Crippen molar-refractivity contribution in [3.63, 3.8) is 0 Å². The fourth-order valence-corrected chi connectivity index (χ4v) is 2.92. The molecule has 0 radical (unpaired) electrons. The molecular weight excluding hydrogens is 352 g/mol. The summed E-state index contributed by atoms with van der Waals surface area (Å²) in [4.78, 5) is 23.4. The van der Waals surface area contributed by atoms with E-state index in [9.17, 15) is 9.59 Å². The van der Waals surface area contributed by atoms with Gasteiger partial charge in [-0.25, -0.2) is 0 Å². The van der Waals surface area contributed by atoms with E-state index >= 15 is 0 Å². The third-order valence-corrected chi connectivity index (χ3v) is 5.07. The average molecular weight is 399 g/mol. The average Bonchev–Trinajstić information content (AvgIpc) is 2.62. The second-order valence-electron chi connectivity index (χ2n) is 9.02. The van der Waals surface area contributed by atoms with E-state index in [0.717, 1.165) is 38.5 Å². The number of hydrogen-bond donors (Lipinski definition) is 0. The molecule has 0 amide bonds. The van der Waals surface area contributed by atoms with Gasteiger partial charge in [0.1, 0.15) is 0 Å². The summed E-state index contributed by atoms with van der Waals surface area (Å²) < 4.78 is 10.5. The minimum absolute atomic E-state index is 0.0208. The van der Waals surface area contributed by atoms with Gasteiger partial charge in [-0.15, -0.1) is 0 Å². The molecule has 0 bridgehead atoms. The van der Waals surface area contributed by atoms with Crippen LogP contribution >= 0.6 is 0 Å². The molecule has 0 heterocycles.